The van der Waals surface area contributed by atoms with Crippen molar-refractivity contribution in [2.75, 3.05) is 7.11 Å². The van der Waals surface area contributed by atoms with E-state index in [4.69, 9.17) is 9.47 Å². The minimum Gasteiger partial charge on any atom is -0.493 e. The molecule has 1 aliphatic rings. The molecule has 1 N–H and O–H groups in total. The molecule has 0 saturated carbocycles. The molecule has 1 aliphatic heterocycles. The molecule has 162 valence electrons. The molecule has 8 heteroatoms. The molecule has 0 aromatic heterocycles. The maximum absolute atomic E-state index is 12.5. The van der Waals surface area contributed by atoms with E-state index >= 15 is 0 Å². The Kier molecular flexibility index (Phi) is 7.74. The van der Waals surface area contributed by atoms with Gasteiger partial charge in [-0.1, -0.05) is 30.3 Å². The number of methoxy groups -OCH3 is 1. The number of nitrogens with one attached hydrogen (secondary N) is 1. The number of aliphatic imine (C=N–C) groups is 1. The van der Waals surface area contributed by atoms with E-state index in [1.54, 1.807) is 7.11 Å². The highest BCUT2D eigenvalue weighted by molar-refractivity contribution is 14.1. The number of benzene rings is 3. The van der Waals surface area contributed by atoms with Gasteiger partial charge in [-0.2, -0.15) is 0 Å². The van der Waals surface area contributed by atoms with Crippen molar-refractivity contribution in [1.29, 1.82) is 0 Å². The number of thioether (sulfide) groups is 1. The van der Waals surface area contributed by atoms with Gasteiger partial charge in [-0.05, 0) is 111 Å². The Morgan fingerprint density at radius 2 is 1.81 bits per heavy atom. The average molecular weight is 668 g/mol. The van der Waals surface area contributed by atoms with Gasteiger partial charge in [0.2, 0.25) is 0 Å². The van der Waals surface area contributed by atoms with Crippen molar-refractivity contribution in [3.05, 3.63) is 89.9 Å². The summed E-state index contributed by atoms with van der Waals surface area (Å²) in [5.41, 5.74) is 2.73. The topological polar surface area (TPSA) is 59.9 Å². The number of hydrogen-bond acceptors (Lipinski definition) is 5. The molecule has 0 bridgehead atoms. The number of carbonyl (C=O) groups is 1. The van der Waals surface area contributed by atoms with E-state index in [1.165, 1.54) is 11.8 Å². The van der Waals surface area contributed by atoms with Crippen molar-refractivity contribution in [3.63, 3.8) is 0 Å². The van der Waals surface area contributed by atoms with Crippen LogP contribution in [0.15, 0.2) is 76.6 Å². The summed E-state index contributed by atoms with van der Waals surface area (Å²) in [6.45, 7) is 0.449. The number of nitrogens with zero attached hydrogens (tertiary/aromatic N) is 1. The molecule has 3 aromatic rings. The first-order valence-electron chi connectivity index (χ1n) is 9.61. The fourth-order valence-electron chi connectivity index (χ4n) is 2.96. The molecule has 0 radical (unpaired) electrons. The summed E-state index contributed by atoms with van der Waals surface area (Å²) in [4.78, 5) is 17.6. The smallest absolute Gasteiger partial charge is 0.264 e. The number of rotatable bonds is 6. The molecular formula is C24H18I2N2O3S. The zero-order valence-electron chi connectivity index (χ0n) is 17.0. The molecule has 0 aliphatic carbocycles. The normalized spacial score (nSPS) is 15.8. The Bertz CT molecular complexity index is 1200. The number of amidine groups is 1. The zero-order chi connectivity index (χ0) is 22.5. The third-order valence-corrected chi connectivity index (χ3v) is 6.91. The van der Waals surface area contributed by atoms with Gasteiger partial charge in [0, 0.05) is 3.57 Å². The minimum atomic E-state index is -0.169. The fraction of sp³-hybridized carbons (Fsp3) is 0.0833. The van der Waals surface area contributed by atoms with E-state index in [0.29, 0.717) is 28.2 Å². The summed E-state index contributed by atoms with van der Waals surface area (Å²) >= 11 is 5.79. The number of hydrogen-bond donors (Lipinski definition) is 1. The standard InChI is InChI=1S/C24H18I2N2O3S/c1-30-20-12-16(11-19(26)22(20)31-14-15-5-3-2-4-6-15)13-21-23(29)28-24(32-21)27-18-9-7-17(25)8-10-18/h2-13H,14H2,1H3,(H,27,28,29)/b21-13+. The van der Waals surface area contributed by atoms with Gasteiger partial charge in [0.05, 0.1) is 21.3 Å². The molecule has 1 saturated heterocycles. The van der Waals surface area contributed by atoms with Crippen LogP contribution < -0.4 is 14.8 Å². The maximum atomic E-state index is 12.5. The summed E-state index contributed by atoms with van der Waals surface area (Å²) in [5, 5.41) is 3.39. The lowest BCUT2D eigenvalue weighted by molar-refractivity contribution is -0.115. The molecular weight excluding hydrogens is 650 g/mol. The van der Waals surface area contributed by atoms with Crippen LogP contribution >= 0.6 is 56.9 Å². The molecule has 3 aromatic carbocycles. The van der Waals surface area contributed by atoms with Crippen molar-refractivity contribution < 1.29 is 14.3 Å². The van der Waals surface area contributed by atoms with Crippen LogP contribution in [0.5, 0.6) is 11.5 Å². The van der Waals surface area contributed by atoms with E-state index in [0.717, 1.165) is 24.0 Å². The van der Waals surface area contributed by atoms with Gasteiger partial charge < -0.3 is 14.8 Å². The summed E-state index contributed by atoms with van der Waals surface area (Å²) in [5.74, 6) is 1.14. The van der Waals surface area contributed by atoms with Crippen molar-refractivity contribution >= 4 is 79.8 Å². The van der Waals surface area contributed by atoms with Gasteiger partial charge in [-0.25, -0.2) is 4.99 Å². The monoisotopic (exact) mass is 668 g/mol. The van der Waals surface area contributed by atoms with Gasteiger partial charge >= 0.3 is 0 Å². The number of ether oxygens (including phenoxy) is 2. The number of halogens is 2. The molecule has 0 atom stereocenters. The Labute approximate surface area is 218 Å². The first-order valence-corrected chi connectivity index (χ1v) is 12.6. The summed E-state index contributed by atoms with van der Waals surface area (Å²) < 4.78 is 13.6. The highest BCUT2D eigenvalue weighted by Crippen LogP contribution is 2.36. The van der Waals surface area contributed by atoms with E-state index in [-0.39, 0.29) is 5.91 Å². The lowest BCUT2D eigenvalue weighted by Gasteiger charge is -2.14. The largest absolute Gasteiger partial charge is 0.493 e. The second-order valence-corrected chi connectivity index (χ2v) is 10.2. The molecule has 32 heavy (non-hydrogen) atoms. The first kappa shape index (κ1) is 23.1. The first-order chi connectivity index (χ1) is 15.5. The number of carbonyl (C=O) groups excluding carboxylic acids is 1. The fourth-order valence-corrected chi connectivity index (χ4v) is 4.94. The van der Waals surface area contributed by atoms with Crippen LogP contribution in [-0.4, -0.2) is 18.2 Å². The molecule has 0 spiro atoms. The van der Waals surface area contributed by atoms with Crippen molar-refractivity contribution in [2.24, 2.45) is 4.99 Å². The SMILES string of the molecule is COc1cc(/C=C2/SC(=Nc3ccc(I)cc3)NC2=O)cc(I)c1OCc1ccccc1. The summed E-state index contributed by atoms with van der Waals surface area (Å²) in [6.07, 6.45) is 1.84. The van der Waals surface area contributed by atoms with Crippen LogP contribution in [0.25, 0.3) is 6.08 Å². The quantitative estimate of drug-likeness (QED) is 0.245. The predicted molar refractivity (Wildman–Crippen MR) is 146 cm³/mol. The second kappa shape index (κ2) is 10.7. The lowest BCUT2D eigenvalue weighted by Crippen LogP contribution is -2.19. The zero-order valence-corrected chi connectivity index (χ0v) is 22.1. The van der Waals surface area contributed by atoms with Crippen molar-refractivity contribution in [1.82, 2.24) is 5.32 Å². The van der Waals surface area contributed by atoms with E-state index < -0.39 is 0 Å². The van der Waals surface area contributed by atoms with Crippen LogP contribution in [0.3, 0.4) is 0 Å². The van der Waals surface area contributed by atoms with Gasteiger partial charge in [0.25, 0.3) is 5.91 Å². The van der Waals surface area contributed by atoms with Gasteiger partial charge in [-0.15, -0.1) is 0 Å². The Morgan fingerprint density at radius 3 is 2.53 bits per heavy atom. The molecule has 1 amide bonds. The third-order valence-electron chi connectivity index (χ3n) is 4.48. The van der Waals surface area contributed by atoms with Crippen molar-refractivity contribution in [2.45, 2.75) is 6.61 Å². The molecule has 5 nitrogen and oxygen atoms in total. The minimum absolute atomic E-state index is 0.169. The molecule has 1 heterocycles. The van der Waals surface area contributed by atoms with Crippen LogP contribution in [0, 0.1) is 7.14 Å². The van der Waals surface area contributed by atoms with Gasteiger partial charge in [0.15, 0.2) is 16.7 Å². The lowest BCUT2D eigenvalue weighted by atomic mass is 10.2. The Hall–Kier alpha value is -2.05. The maximum Gasteiger partial charge on any atom is 0.264 e. The molecule has 1 fully saturated rings. The van der Waals surface area contributed by atoms with E-state index in [9.17, 15) is 4.79 Å². The Balaban J connectivity index is 1.53. The van der Waals surface area contributed by atoms with Crippen LogP contribution in [0.1, 0.15) is 11.1 Å². The van der Waals surface area contributed by atoms with E-state index in [2.05, 4.69) is 55.5 Å². The third kappa shape index (κ3) is 5.84. The Morgan fingerprint density at radius 1 is 1.06 bits per heavy atom. The van der Waals surface area contributed by atoms with Crippen LogP contribution in [-0.2, 0) is 11.4 Å². The summed E-state index contributed by atoms with van der Waals surface area (Å²) in [7, 11) is 1.61. The summed E-state index contributed by atoms with van der Waals surface area (Å²) in [6, 6.07) is 21.6. The highest BCUT2D eigenvalue weighted by atomic mass is 127. The van der Waals surface area contributed by atoms with E-state index in [1.807, 2.05) is 72.8 Å². The second-order valence-electron chi connectivity index (χ2n) is 6.77. The van der Waals surface area contributed by atoms with Gasteiger partial charge in [0.1, 0.15) is 6.61 Å². The highest BCUT2D eigenvalue weighted by Gasteiger charge is 2.24. The van der Waals surface area contributed by atoms with Gasteiger partial charge in [-0.3, -0.25) is 4.79 Å². The molecule has 0 unspecified atom stereocenters. The van der Waals surface area contributed by atoms with Crippen LogP contribution in [0.2, 0.25) is 0 Å². The average Bonchev–Trinajstić information content (AvgIpc) is 3.13. The molecule has 4 rings (SSSR count). The van der Waals surface area contributed by atoms with Crippen molar-refractivity contribution in [3.8, 4) is 11.5 Å². The van der Waals surface area contributed by atoms with Crippen LogP contribution in [0.4, 0.5) is 5.69 Å². The predicted octanol–water partition coefficient (Wildman–Crippen LogP) is 6.38. The number of amides is 1.